The van der Waals surface area contributed by atoms with Crippen molar-refractivity contribution in [3.05, 3.63) is 43.9 Å². The van der Waals surface area contributed by atoms with E-state index in [4.69, 9.17) is 0 Å². The van der Waals surface area contributed by atoms with E-state index in [1.807, 2.05) is 6.92 Å². The minimum atomic E-state index is -5.66. The molecule has 136 valence electrons. The lowest BCUT2D eigenvalue weighted by Crippen LogP contribution is -2.23. The summed E-state index contributed by atoms with van der Waals surface area (Å²) >= 11 is 1.37. The van der Waals surface area contributed by atoms with Crippen molar-refractivity contribution in [2.45, 2.75) is 30.8 Å². The zero-order valence-electron chi connectivity index (χ0n) is 12.9. The number of rotatable bonds is 5. The van der Waals surface area contributed by atoms with Gasteiger partial charge in [0.25, 0.3) is 15.5 Å². The van der Waals surface area contributed by atoms with Crippen LogP contribution >= 0.6 is 11.3 Å². The molecule has 2 aromatic rings. The Balaban J connectivity index is 2.35. The first-order valence-corrected chi connectivity index (χ1v) is 9.00. The van der Waals surface area contributed by atoms with Crippen LogP contribution in [0.3, 0.4) is 0 Å². The Morgan fingerprint density at radius 2 is 1.96 bits per heavy atom. The number of hydrogen-bond donors (Lipinski definition) is 1. The smallest absolute Gasteiger partial charge is 0.373 e. The molecule has 0 bridgehead atoms. The molecule has 0 saturated carbocycles. The van der Waals surface area contributed by atoms with Crippen LogP contribution in [0.2, 0.25) is 0 Å². The third-order valence-electron chi connectivity index (χ3n) is 3.28. The largest absolute Gasteiger partial charge is 0.501 e. The Morgan fingerprint density at radius 1 is 1.32 bits per heavy atom. The Hall–Kier alpha value is -2.21. The number of halogens is 3. The highest BCUT2D eigenvalue weighted by Crippen LogP contribution is 2.35. The van der Waals surface area contributed by atoms with Crippen molar-refractivity contribution in [2.75, 3.05) is 5.32 Å². The Labute approximate surface area is 144 Å². The van der Waals surface area contributed by atoms with Gasteiger partial charge in [-0.3, -0.25) is 10.1 Å². The van der Waals surface area contributed by atoms with Gasteiger partial charge in [0, 0.05) is 10.9 Å². The fourth-order valence-electron chi connectivity index (χ4n) is 1.90. The van der Waals surface area contributed by atoms with Crippen LogP contribution in [0.5, 0.6) is 0 Å². The number of nitro benzene ring substituents is 1. The maximum atomic E-state index is 12.6. The predicted molar refractivity (Wildman–Crippen MR) is 85.3 cm³/mol. The molecule has 2 rings (SSSR count). The number of nitro groups is 1. The molecule has 7 nitrogen and oxygen atoms in total. The van der Waals surface area contributed by atoms with Crippen molar-refractivity contribution in [1.82, 2.24) is 4.98 Å². The van der Waals surface area contributed by atoms with Gasteiger partial charge < -0.3 is 5.32 Å². The molecule has 12 heteroatoms. The number of benzene rings is 1. The van der Waals surface area contributed by atoms with Crippen LogP contribution in [0.25, 0.3) is 0 Å². The van der Waals surface area contributed by atoms with Gasteiger partial charge in [0.2, 0.25) is 0 Å². The normalized spacial score (nSPS) is 12.2. The molecular formula is C13H12F3N3O4S2. The SMILES string of the molecule is Cc1nc(CNc2ccc(S(=O)(=O)C(F)(F)F)cc2[N+](=O)[O-])sc1C. The molecule has 0 unspecified atom stereocenters. The van der Waals surface area contributed by atoms with Crippen LogP contribution < -0.4 is 5.32 Å². The highest BCUT2D eigenvalue weighted by molar-refractivity contribution is 7.92. The van der Waals surface area contributed by atoms with Gasteiger partial charge in [-0.1, -0.05) is 0 Å². The van der Waals surface area contributed by atoms with Gasteiger partial charge in [-0.15, -0.1) is 11.3 Å². The van der Waals surface area contributed by atoms with Gasteiger partial charge in [0.15, 0.2) is 0 Å². The maximum absolute atomic E-state index is 12.6. The monoisotopic (exact) mass is 395 g/mol. The van der Waals surface area contributed by atoms with Crippen molar-refractivity contribution in [3.63, 3.8) is 0 Å². The van der Waals surface area contributed by atoms with Crippen LogP contribution in [0, 0.1) is 24.0 Å². The van der Waals surface area contributed by atoms with Crippen LogP contribution in [0.1, 0.15) is 15.6 Å². The summed E-state index contributed by atoms with van der Waals surface area (Å²) in [5.41, 5.74) is -5.60. The van der Waals surface area contributed by atoms with E-state index in [2.05, 4.69) is 10.3 Å². The van der Waals surface area contributed by atoms with E-state index in [0.29, 0.717) is 17.1 Å². The summed E-state index contributed by atoms with van der Waals surface area (Å²) in [6.07, 6.45) is 0. The Morgan fingerprint density at radius 3 is 2.44 bits per heavy atom. The van der Waals surface area contributed by atoms with Crippen LogP contribution in [0.15, 0.2) is 23.1 Å². The van der Waals surface area contributed by atoms with E-state index >= 15 is 0 Å². The van der Waals surface area contributed by atoms with E-state index in [0.717, 1.165) is 16.6 Å². The second kappa shape index (κ2) is 6.59. The molecule has 1 aromatic heterocycles. The summed E-state index contributed by atoms with van der Waals surface area (Å²) in [6, 6.07) is 2.00. The number of sulfone groups is 1. The van der Waals surface area contributed by atoms with Crippen molar-refractivity contribution in [3.8, 4) is 0 Å². The highest BCUT2D eigenvalue weighted by atomic mass is 32.2. The summed E-state index contributed by atoms with van der Waals surface area (Å²) < 4.78 is 60.5. The number of nitrogens with one attached hydrogen (secondary N) is 1. The van der Waals surface area contributed by atoms with E-state index in [1.165, 1.54) is 11.3 Å². The number of hydrogen-bond acceptors (Lipinski definition) is 7. The fraction of sp³-hybridized carbons (Fsp3) is 0.308. The highest BCUT2D eigenvalue weighted by Gasteiger charge is 2.47. The molecule has 0 atom stereocenters. The Kier molecular flexibility index (Phi) is 5.04. The van der Waals surface area contributed by atoms with E-state index in [1.54, 1.807) is 6.92 Å². The van der Waals surface area contributed by atoms with E-state index < -0.39 is 30.9 Å². The van der Waals surface area contributed by atoms with Crippen LogP contribution in [0.4, 0.5) is 24.5 Å². The third-order valence-corrected chi connectivity index (χ3v) is 5.84. The Bertz CT molecular complexity index is 904. The lowest BCUT2D eigenvalue weighted by molar-refractivity contribution is -0.384. The zero-order chi connectivity index (χ0) is 19.0. The van der Waals surface area contributed by atoms with Gasteiger partial charge in [-0.2, -0.15) is 13.2 Å². The number of alkyl halides is 3. The molecule has 0 saturated heterocycles. The standard InChI is InChI=1S/C13H12F3N3O4S2/c1-7-8(2)24-12(18-7)6-17-10-4-3-9(5-11(10)19(20)21)25(22,23)13(14,15)16/h3-5,17H,6H2,1-2H3. The zero-order valence-corrected chi connectivity index (χ0v) is 14.5. The van der Waals surface area contributed by atoms with Gasteiger partial charge >= 0.3 is 5.51 Å². The average Bonchev–Trinajstić information content (AvgIpc) is 2.82. The average molecular weight is 395 g/mol. The van der Waals surface area contributed by atoms with Crippen molar-refractivity contribution < 1.29 is 26.5 Å². The number of thiazole rings is 1. The third kappa shape index (κ3) is 3.90. The van der Waals surface area contributed by atoms with Crippen LogP contribution in [-0.2, 0) is 16.4 Å². The lowest BCUT2D eigenvalue weighted by Gasteiger charge is -2.10. The molecule has 1 heterocycles. The van der Waals surface area contributed by atoms with Gasteiger partial charge in [-0.05, 0) is 26.0 Å². The van der Waals surface area contributed by atoms with Crippen molar-refractivity contribution >= 4 is 32.5 Å². The van der Waals surface area contributed by atoms with Crippen molar-refractivity contribution in [1.29, 1.82) is 0 Å². The number of nitrogens with zero attached hydrogens (tertiary/aromatic N) is 2. The molecular weight excluding hydrogens is 383 g/mol. The summed E-state index contributed by atoms with van der Waals surface area (Å²) in [7, 11) is -5.66. The molecule has 1 N–H and O–H groups in total. The van der Waals surface area contributed by atoms with Gasteiger partial charge in [-0.25, -0.2) is 13.4 Å². The first kappa shape index (κ1) is 19.1. The second-order valence-electron chi connectivity index (χ2n) is 4.99. The molecule has 0 amide bonds. The molecule has 0 aliphatic carbocycles. The van der Waals surface area contributed by atoms with Gasteiger partial charge in [0.1, 0.15) is 10.7 Å². The number of aromatic nitrogens is 1. The molecule has 0 fully saturated rings. The minimum Gasteiger partial charge on any atom is -0.373 e. The summed E-state index contributed by atoms with van der Waals surface area (Å²) in [5.74, 6) is 0. The molecule has 0 aliphatic rings. The minimum absolute atomic E-state index is 0.100. The summed E-state index contributed by atoms with van der Waals surface area (Å²) in [6.45, 7) is 3.77. The number of aryl methyl sites for hydroxylation is 2. The quantitative estimate of drug-likeness (QED) is 0.613. The first-order valence-electron chi connectivity index (χ1n) is 6.70. The van der Waals surface area contributed by atoms with E-state index in [9.17, 15) is 31.7 Å². The molecule has 1 aromatic carbocycles. The lowest BCUT2D eigenvalue weighted by atomic mass is 10.2. The molecule has 0 spiro atoms. The topological polar surface area (TPSA) is 102 Å². The molecule has 0 radical (unpaired) electrons. The summed E-state index contributed by atoms with van der Waals surface area (Å²) in [4.78, 5) is 14.2. The van der Waals surface area contributed by atoms with Crippen molar-refractivity contribution in [2.24, 2.45) is 0 Å². The number of anilines is 1. The first-order chi connectivity index (χ1) is 11.4. The second-order valence-corrected chi connectivity index (χ2v) is 8.22. The molecule has 0 aliphatic heterocycles. The van der Waals surface area contributed by atoms with E-state index in [-0.39, 0.29) is 12.2 Å². The predicted octanol–water partition coefficient (Wildman–Crippen LogP) is 3.57. The summed E-state index contributed by atoms with van der Waals surface area (Å²) in [5, 5.41) is 14.4. The van der Waals surface area contributed by atoms with Crippen LogP contribution in [-0.4, -0.2) is 23.8 Å². The molecule has 25 heavy (non-hydrogen) atoms. The van der Waals surface area contributed by atoms with Gasteiger partial charge in [0.05, 0.1) is 22.1 Å². The maximum Gasteiger partial charge on any atom is 0.501 e. The fourth-order valence-corrected chi connectivity index (χ4v) is 3.55.